The van der Waals surface area contributed by atoms with Crippen LogP contribution in [0, 0.1) is 0 Å². The Morgan fingerprint density at radius 1 is 1.29 bits per heavy atom. The number of hydrogen-bond acceptors (Lipinski definition) is 3. The fourth-order valence-electron chi connectivity index (χ4n) is 3.65. The van der Waals surface area contributed by atoms with Gasteiger partial charge in [0, 0.05) is 11.4 Å². The minimum absolute atomic E-state index is 0.0476. The van der Waals surface area contributed by atoms with Crippen LogP contribution in [0.25, 0.3) is 0 Å². The van der Waals surface area contributed by atoms with Crippen molar-refractivity contribution >= 4 is 17.7 Å². The van der Waals surface area contributed by atoms with Gasteiger partial charge in [0.1, 0.15) is 6.17 Å². The van der Waals surface area contributed by atoms with E-state index in [0.29, 0.717) is 5.91 Å². The van der Waals surface area contributed by atoms with Crippen molar-refractivity contribution < 1.29 is 4.79 Å². The molecule has 2 fully saturated rings. The molecule has 1 aromatic carbocycles. The molecule has 1 atom stereocenters. The van der Waals surface area contributed by atoms with Crippen LogP contribution in [0.15, 0.2) is 29.2 Å². The van der Waals surface area contributed by atoms with Gasteiger partial charge in [-0.2, -0.15) is 0 Å². The molecular formula is C17H24N2OS. The fraction of sp³-hybridized carbons (Fsp3) is 0.588. The van der Waals surface area contributed by atoms with Crippen molar-refractivity contribution in [2.24, 2.45) is 0 Å². The van der Waals surface area contributed by atoms with Gasteiger partial charge in [0.2, 0.25) is 5.91 Å². The number of hydrogen-bond donors (Lipinski definition) is 1. The third-order valence-electron chi connectivity index (χ3n) is 4.75. The molecule has 1 unspecified atom stereocenters. The Morgan fingerprint density at radius 3 is 2.52 bits per heavy atom. The van der Waals surface area contributed by atoms with Crippen LogP contribution in [0.4, 0.5) is 0 Å². The van der Waals surface area contributed by atoms with E-state index in [1.807, 2.05) is 0 Å². The average Bonchev–Trinajstić information content (AvgIpc) is 3.09. The van der Waals surface area contributed by atoms with E-state index in [1.54, 1.807) is 11.8 Å². The maximum Gasteiger partial charge on any atom is 0.244 e. The molecule has 1 saturated carbocycles. The monoisotopic (exact) mass is 304 g/mol. The molecule has 21 heavy (non-hydrogen) atoms. The fourth-order valence-corrected chi connectivity index (χ4v) is 4.06. The van der Waals surface area contributed by atoms with E-state index >= 15 is 0 Å². The molecule has 0 aromatic heterocycles. The maximum absolute atomic E-state index is 12.9. The molecule has 1 aliphatic heterocycles. The van der Waals surface area contributed by atoms with E-state index in [9.17, 15) is 4.79 Å². The van der Waals surface area contributed by atoms with Gasteiger partial charge in [-0.05, 0) is 43.2 Å². The topological polar surface area (TPSA) is 32.3 Å². The van der Waals surface area contributed by atoms with Crippen molar-refractivity contribution in [3.63, 3.8) is 0 Å². The zero-order valence-electron chi connectivity index (χ0n) is 12.9. The lowest BCUT2D eigenvalue weighted by Gasteiger charge is -2.24. The minimum Gasteiger partial charge on any atom is -0.321 e. The molecule has 3 rings (SSSR count). The van der Waals surface area contributed by atoms with Gasteiger partial charge < -0.3 is 4.90 Å². The average molecular weight is 304 g/mol. The summed E-state index contributed by atoms with van der Waals surface area (Å²) >= 11 is 1.75. The predicted octanol–water partition coefficient (Wildman–Crippen LogP) is 3.56. The van der Waals surface area contributed by atoms with Crippen LogP contribution in [0.3, 0.4) is 0 Å². The second kappa shape index (κ2) is 6.01. The summed E-state index contributed by atoms with van der Waals surface area (Å²) in [5.41, 5.74) is 0.927. The lowest BCUT2D eigenvalue weighted by atomic mass is 9.98. The van der Waals surface area contributed by atoms with Crippen molar-refractivity contribution in [3.8, 4) is 0 Å². The van der Waals surface area contributed by atoms with Gasteiger partial charge >= 0.3 is 0 Å². The van der Waals surface area contributed by atoms with Crippen LogP contribution in [-0.4, -0.2) is 29.1 Å². The molecule has 1 heterocycles. The molecule has 2 aliphatic rings. The SMILES string of the molecule is CCCN1C(=O)C2(CCCC2)NC1c1ccc(SC)cc1. The summed E-state index contributed by atoms with van der Waals surface area (Å²) in [6, 6.07) is 8.62. The molecular weight excluding hydrogens is 280 g/mol. The van der Waals surface area contributed by atoms with Crippen LogP contribution in [0.5, 0.6) is 0 Å². The van der Waals surface area contributed by atoms with Gasteiger partial charge in [0.25, 0.3) is 0 Å². The first-order chi connectivity index (χ1) is 10.2. The van der Waals surface area contributed by atoms with Crippen LogP contribution in [0.1, 0.15) is 50.8 Å². The van der Waals surface area contributed by atoms with E-state index in [4.69, 9.17) is 0 Å². The summed E-state index contributed by atoms with van der Waals surface area (Å²) in [5.74, 6) is 0.320. The highest BCUT2D eigenvalue weighted by atomic mass is 32.2. The largest absolute Gasteiger partial charge is 0.321 e. The molecule has 1 amide bonds. The molecule has 1 N–H and O–H groups in total. The summed E-state index contributed by atoms with van der Waals surface area (Å²) in [5, 5.41) is 3.67. The summed E-state index contributed by atoms with van der Waals surface area (Å²) < 4.78 is 0. The zero-order chi connectivity index (χ0) is 14.9. The number of carbonyl (C=O) groups is 1. The Hall–Kier alpha value is -1.00. The van der Waals surface area contributed by atoms with Crippen molar-refractivity contribution in [2.45, 2.75) is 55.6 Å². The summed E-state index contributed by atoms with van der Waals surface area (Å²) in [6.07, 6.45) is 7.45. The lowest BCUT2D eigenvalue weighted by Crippen LogP contribution is -2.44. The Morgan fingerprint density at radius 2 is 1.95 bits per heavy atom. The minimum atomic E-state index is -0.280. The van der Waals surface area contributed by atoms with Crippen LogP contribution < -0.4 is 5.32 Å². The van der Waals surface area contributed by atoms with Gasteiger partial charge in [-0.25, -0.2) is 0 Å². The smallest absolute Gasteiger partial charge is 0.244 e. The number of carbonyl (C=O) groups excluding carboxylic acids is 1. The number of benzene rings is 1. The van der Waals surface area contributed by atoms with E-state index in [2.05, 4.69) is 47.7 Å². The Bertz CT molecular complexity index is 508. The highest BCUT2D eigenvalue weighted by molar-refractivity contribution is 7.98. The van der Waals surface area contributed by atoms with Crippen molar-refractivity contribution in [3.05, 3.63) is 29.8 Å². The summed E-state index contributed by atoms with van der Waals surface area (Å²) in [7, 11) is 0. The summed E-state index contributed by atoms with van der Waals surface area (Å²) in [6.45, 7) is 2.98. The Balaban J connectivity index is 1.89. The van der Waals surface area contributed by atoms with E-state index in [1.165, 1.54) is 10.5 Å². The first-order valence-electron chi connectivity index (χ1n) is 7.93. The zero-order valence-corrected chi connectivity index (χ0v) is 13.7. The van der Waals surface area contributed by atoms with Crippen molar-refractivity contribution in [1.29, 1.82) is 0 Å². The maximum atomic E-state index is 12.9. The second-order valence-electron chi connectivity index (χ2n) is 6.11. The Labute approximate surface area is 131 Å². The van der Waals surface area contributed by atoms with Gasteiger partial charge in [-0.3, -0.25) is 10.1 Å². The van der Waals surface area contributed by atoms with Crippen LogP contribution in [-0.2, 0) is 4.79 Å². The molecule has 0 radical (unpaired) electrons. The summed E-state index contributed by atoms with van der Waals surface area (Å²) in [4.78, 5) is 16.2. The van der Waals surface area contributed by atoms with Crippen LogP contribution in [0.2, 0.25) is 0 Å². The van der Waals surface area contributed by atoms with Gasteiger partial charge in [0.05, 0.1) is 5.54 Å². The molecule has 1 aliphatic carbocycles. The van der Waals surface area contributed by atoms with Gasteiger partial charge in [-0.1, -0.05) is 31.9 Å². The first-order valence-corrected chi connectivity index (χ1v) is 9.15. The molecule has 114 valence electrons. The number of nitrogens with zero attached hydrogens (tertiary/aromatic N) is 1. The molecule has 1 saturated heterocycles. The molecule has 1 aromatic rings. The molecule has 4 heteroatoms. The molecule has 0 bridgehead atoms. The van der Waals surface area contributed by atoms with E-state index in [0.717, 1.165) is 38.6 Å². The van der Waals surface area contributed by atoms with Gasteiger partial charge in [-0.15, -0.1) is 11.8 Å². The first kappa shape index (κ1) is 14.9. The van der Waals surface area contributed by atoms with Crippen LogP contribution >= 0.6 is 11.8 Å². The number of rotatable bonds is 4. The quantitative estimate of drug-likeness (QED) is 0.863. The lowest BCUT2D eigenvalue weighted by molar-refractivity contribution is -0.133. The standard InChI is InChI=1S/C17H24N2OS/c1-3-12-19-15(13-6-8-14(21-2)9-7-13)18-17(16(19)20)10-4-5-11-17/h6-9,15,18H,3-5,10-12H2,1-2H3. The molecule has 1 spiro atoms. The van der Waals surface area contributed by atoms with Crippen molar-refractivity contribution in [1.82, 2.24) is 10.2 Å². The number of thioether (sulfide) groups is 1. The third-order valence-corrected chi connectivity index (χ3v) is 5.49. The molecule has 3 nitrogen and oxygen atoms in total. The highest BCUT2D eigenvalue weighted by Crippen LogP contribution is 2.41. The van der Waals surface area contributed by atoms with Crippen molar-refractivity contribution in [2.75, 3.05) is 12.8 Å². The predicted molar refractivity (Wildman–Crippen MR) is 87.3 cm³/mol. The number of amides is 1. The number of nitrogens with one attached hydrogen (secondary N) is 1. The Kier molecular flexibility index (Phi) is 4.27. The second-order valence-corrected chi connectivity index (χ2v) is 6.99. The van der Waals surface area contributed by atoms with E-state index < -0.39 is 0 Å². The van der Waals surface area contributed by atoms with E-state index in [-0.39, 0.29) is 11.7 Å². The third kappa shape index (κ3) is 2.59. The normalized spacial score (nSPS) is 24.2. The van der Waals surface area contributed by atoms with Gasteiger partial charge in [0.15, 0.2) is 0 Å². The highest BCUT2D eigenvalue weighted by Gasteiger charge is 2.52.